The molecule has 0 atom stereocenters. The minimum absolute atomic E-state index is 0.0739. The smallest absolute Gasteiger partial charge is 0.246 e. The summed E-state index contributed by atoms with van der Waals surface area (Å²) < 4.78 is 5.28. The average molecular weight is 394 g/mol. The summed E-state index contributed by atoms with van der Waals surface area (Å²) in [6.45, 7) is 5.82. The predicted octanol–water partition coefficient (Wildman–Crippen LogP) is 4.07. The fourth-order valence-corrected chi connectivity index (χ4v) is 4.21. The molecule has 6 heteroatoms. The van der Waals surface area contributed by atoms with Crippen molar-refractivity contribution in [2.75, 3.05) is 26.2 Å². The zero-order valence-electron chi connectivity index (χ0n) is 15.9. The Hall–Kier alpha value is -2.70. The Kier molecular flexibility index (Phi) is 5.69. The molecule has 4 rings (SSSR count). The van der Waals surface area contributed by atoms with Gasteiger partial charge in [0.2, 0.25) is 5.91 Å². The molecular formula is C22H23N3O2S. The first-order valence-electron chi connectivity index (χ1n) is 9.44. The maximum atomic E-state index is 12.5. The Labute approximate surface area is 168 Å². The molecule has 1 saturated heterocycles. The van der Waals surface area contributed by atoms with Crippen LogP contribution in [0.4, 0.5) is 0 Å². The van der Waals surface area contributed by atoms with Gasteiger partial charge < -0.3 is 9.42 Å². The Balaban J connectivity index is 1.29. The largest absolute Gasteiger partial charge is 0.360 e. The number of hydrogen-bond acceptors (Lipinski definition) is 5. The molecule has 3 aromatic rings. The summed E-state index contributed by atoms with van der Waals surface area (Å²) in [4.78, 5) is 19.0. The van der Waals surface area contributed by atoms with E-state index in [9.17, 15) is 4.79 Å². The number of hydrogen-bond donors (Lipinski definition) is 0. The molecule has 3 heterocycles. The molecule has 1 fully saturated rings. The highest BCUT2D eigenvalue weighted by atomic mass is 32.1. The molecule has 0 aliphatic carbocycles. The number of amides is 1. The summed E-state index contributed by atoms with van der Waals surface area (Å²) in [7, 11) is 0. The zero-order chi connectivity index (χ0) is 19.3. The first-order chi connectivity index (χ1) is 13.7. The molecule has 1 amide bonds. The molecule has 0 spiro atoms. The number of carbonyl (C=O) groups is 1. The van der Waals surface area contributed by atoms with Crippen LogP contribution in [0, 0.1) is 6.92 Å². The lowest BCUT2D eigenvalue weighted by Gasteiger charge is -2.33. The van der Waals surface area contributed by atoms with Crippen LogP contribution in [0.1, 0.15) is 16.3 Å². The van der Waals surface area contributed by atoms with Crippen LogP contribution in [0.25, 0.3) is 16.5 Å². The normalized spacial score (nSPS) is 15.4. The summed E-state index contributed by atoms with van der Waals surface area (Å²) in [6.07, 6.45) is 3.61. The van der Waals surface area contributed by atoms with Crippen molar-refractivity contribution < 1.29 is 9.32 Å². The standard InChI is InChI=1S/C22H23N3O2S/c1-17-15-19(27-23-17)16-24-11-13-25(14-12-24)22(26)10-8-20-7-9-21(28-20)18-5-3-2-4-6-18/h2-10,15H,11-14,16H2,1H3/b10-8+. The van der Waals surface area contributed by atoms with E-state index >= 15 is 0 Å². The highest BCUT2D eigenvalue weighted by Gasteiger charge is 2.20. The van der Waals surface area contributed by atoms with Crippen LogP contribution in [0.5, 0.6) is 0 Å². The van der Waals surface area contributed by atoms with Gasteiger partial charge in [0.05, 0.1) is 12.2 Å². The quantitative estimate of drug-likeness (QED) is 0.613. The molecule has 2 aromatic heterocycles. The van der Waals surface area contributed by atoms with E-state index in [4.69, 9.17) is 4.52 Å². The second kappa shape index (κ2) is 8.54. The van der Waals surface area contributed by atoms with Gasteiger partial charge in [0.25, 0.3) is 0 Å². The van der Waals surface area contributed by atoms with Gasteiger partial charge in [-0.2, -0.15) is 0 Å². The Bertz CT molecular complexity index is 953. The van der Waals surface area contributed by atoms with Crippen molar-refractivity contribution in [1.82, 2.24) is 15.0 Å². The lowest BCUT2D eigenvalue weighted by atomic mass is 10.2. The van der Waals surface area contributed by atoms with E-state index in [-0.39, 0.29) is 5.91 Å². The number of benzene rings is 1. The topological polar surface area (TPSA) is 49.6 Å². The maximum absolute atomic E-state index is 12.5. The molecule has 28 heavy (non-hydrogen) atoms. The first-order valence-corrected chi connectivity index (χ1v) is 10.3. The molecule has 0 bridgehead atoms. The van der Waals surface area contributed by atoms with E-state index in [1.54, 1.807) is 17.4 Å². The van der Waals surface area contributed by atoms with Gasteiger partial charge in [-0.05, 0) is 30.7 Å². The van der Waals surface area contributed by atoms with E-state index in [0.29, 0.717) is 0 Å². The molecule has 144 valence electrons. The predicted molar refractivity (Wildman–Crippen MR) is 112 cm³/mol. The SMILES string of the molecule is Cc1cc(CN2CCN(C(=O)/C=C/c3ccc(-c4ccccc4)s3)CC2)on1. The summed E-state index contributed by atoms with van der Waals surface area (Å²) >= 11 is 1.70. The summed E-state index contributed by atoms with van der Waals surface area (Å²) in [5.74, 6) is 0.953. The summed E-state index contributed by atoms with van der Waals surface area (Å²) in [5, 5.41) is 3.93. The van der Waals surface area contributed by atoms with Crippen LogP contribution in [0.2, 0.25) is 0 Å². The second-order valence-electron chi connectivity index (χ2n) is 6.94. The van der Waals surface area contributed by atoms with Crippen LogP contribution in [-0.2, 0) is 11.3 Å². The van der Waals surface area contributed by atoms with Crippen molar-refractivity contribution in [3.05, 3.63) is 70.9 Å². The molecule has 5 nitrogen and oxygen atoms in total. The lowest BCUT2D eigenvalue weighted by Crippen LogP contribution is -2.47. The lowest BCUT2D eigenvalue weighted by molar-refractivity contribution is -0.127. The summed E-state index contributed by atoms with van der Waals surface area (Å²) in [5.41, 5.74) is 2.11. The van der Waals surface area contributed by atoms with Crippen molar-refractivity contribution in [3.63, 3.8) is 0 Å². The van der Waals surface area contributed by atoms with Gasteiger partial charge in [0.15, 0.2) is 5.76 Å². The van der Waals surface area contributed by atoms with Crippen molar-refractivity contribution >= 4 is 23.3 Å². The van der Waals surface area contributed by atoms with Crippen LogP contribution in [0.15, 0.2) is 59.1 Å². The van der Waals surface area contributed by atoms with Crippen molar-refractivity contribution in [3.8, 4) is 10.4 Å². The van der Waals surface area contributed by atoms with Gasteiger partial charge in [-0.1, -0.05) is 35.5 Å². The van der Waals surface area contributed by atoms with Crippen molar-refractivity contribution in [2.24, 2.45) is 0 Å². The molecule has 1 aliphatic heterocycles. The Morgan fingerprint density at radius 1 is 1.14 bits per heavy atom. The van der Waals surface area contributed by atoms with Crippen LogP contribution in [0.3, 0.4) is 0 Å². The van der Waals surface area contributed by atoms with E-state index in [0.717, 1.165) is 49.1 Å². The highest BCUT2D eigenvalue weighted by molar-refractivity contribution is 7.16. The van der Waals surface area contributed by atoms with Crippen molar-refractivity contribution in [2.45, 2.75) is 13.5 Å². The number of thiophene rings is 1. The third-order valence-corrected chi connectivity index (χ3v) is 5.92. The van der Waals surface area contributed by atoms with Gasteiger partial charge in [-0.25, -0.2) is 0 Å². The fourth-order valence-electron chi connectivity index (χ4n) is 3.30. The molecule has 1 aliphatic rings. The molecule has 1 aromatic carbocycles. The molecule has 0 saturated carbocycles. The third kappa shape index (κ3) is 4.58. The van der Waals surface area contributed by atoms with Crippen LogP contribution < -0.4 is 0 Å². The zero-order valence-corrected chi connectivity index (χ0v) is 16.7. The highest BCUT2D eigenvalue weighted by Crippen LogP contribution is 2.28. The van der Waals surface area contributed by atoms with Gasteiger partial charge in [-0.15, -0.1) is 11.3 Å². The fraction of sp³-hybridized carbons (Fsp3) is 0.273. The van der Waals surface area contributed by atoms with Gasteiger partial charge in [-0.3, -0.25) is 9.69 Å². The van der Waals surface area contributed by atoms with Crippen LogP contribution in [-0.4, -0.2) is 47.0 Å². The van der Waals surface area contributed by atoms with E-state index in [1.807, 2.05) is 42.2 Å². The second-order valence-corrected chi connectivity index (χ2v) is 8.05. The average Bonchev–Trinajstić information content (AvgIpc) is 3.36. The van der Waals surface area contributed by atoms with Crippen molar-refractivity contribution in [1.29, 1.82) is 0 Å². The molecule has 0 radical (unpaired) electrons. The van der Waals surface area contributed by atoms with Gasteiger partial charge in [0, 0.05) is 48.1 Å². The minimum atomic E-state index is 0.0739. The summed E-state index contributed by atoms with van der Waals surface area (Å²) in [6, 6.07) is 16.4. The molecule has 0 unspecified atom stereocenters. The maximum Gasteiger partial charge on any atom is 0.246 e. The van der Waals surface area contributed by atoms with E-state index < -0.39 is 0 Å². The Morgan fingerprint density at radius 2 is 1.93 bits per heavy atom. The number of aryl methyl sites for hydroxylation is 1. The molecule has 0 N–H and O–H groups in total. The van der Waals surface area contributed by atoms with Gasteiger partial charge in [0.1, 0.15) is 0 Å². The van der Waals surface area contributed by atoms with Gasteiger partial charge >= 0.3 is 0 Å². The number of carbonyl (C=O) groups excluding carboxylic acids is 1. The number of piperazine rings is 1. The van der Waals surface area contributed by atoms with E-state index in [1.165, 1.54) is 10.4 Å². The number of rotatable bonds is 5. The Morgan fingerprint density at radius 3 is 2.64 bits per heavy atom. The first kappa shape index (κ1) is 18.7. The van der Waals surface area contributed by atoms with Crippen LogP contribution >= 0.6 is 11.3 Å². The minimum Gasteiger partial charge on any atom is -0.360 e. The van der Waals surface area contributed by atoms with E-state index in [2.05, 4.69) is 34.3 Å². The molecular weight excluding hydrogens is 370 g/mol. The number of nitrogens with zero attached hydrogens (tertiary/aromatic N) is 3. The monoisotopic (exact) mass is 393 g/mol. The number of aromatic nitrogens is 1. The third-order valence-electron chi connectivity index (χ3n) is 4.82.